The molecule has 0 unspecified atom stereocenters. The number of aliphatic hydroxyl groups is 4. The molecule has 0 saturated carbocycles. The Balaban J connectivity index is 1.79. The summed E-state index contributed by atoms with van der Waals surface area (Å²) < 4.78 is 16.2. The van der Waals surface area contributed by atoms with Crippen LogP contribution in [0, 0.1) is 0 Å². The van der Waals surface area contributed by atoms with Crippen LogP contribution in [0.3, 0.4) is 0 Å². The molecule has 1 aliphatic rings. The molecule has 0 radical (unpaired) electrons. The Hall–Kier alpha value is -2.69. The molecule has 9 heteroatoms. The quantitative estimate of drug-likeness (QED) is 0.373. The van der Waals surface area contributed by atoms with Crippen molar-refractivity contribution in [3.05, 3.63) is 53.6 Å². The average Bonchev–Trinajstić information content (AvgIpc) is 2.78. The molecule has 2 aromatic rings. The Bertz CT molecular complexity index is 898. The van der Waals surface area contributed by atoms with Gasteiger partial charge in [-0.25, -0.2) is 0 Å². The number of methoxy groups -OCH3 is 1. The fourth-order valence-electron chi connectivity index (χ4n) is 3.47. The van der Waals surface area contributed by atoms with Crippen molar-refractivity contribution in [3.8, 4) is 17.2 Å². The van der Waals surface area contributed by atoms with Crippen LogP contribution in [0.1, 0.15) is 22.3 Å². The Morgan fingerprint density at radius 2 is 1.71 bits per heavy atom. The maximum atomic E-state index is 12.9. The molecule has 0 aliphatic carbocycles. The summed E-state index contributed by atoms with van der Waals surface area (Å²) in [5.74, 6) is -0.143. The van der Waals surface area contributed by atoms with Gasteiger partial charge in [0.05, 0.1) is 13.7 Å². The fourth-order valence-corrected chi connectivity index (χ4v) is 3.47. The van der Waals surface area contributed by atoms with Crippen LogP contribution in [0.25, 0.3) is 0 Å². The van der Waals surface area contributed by atoms with Gasteiger partial charge in [0.1, 0.15) is 47.2 Å². The second kappa shape index (κ2) is 10.1. The highest BCUT2D eigenvalue weighted by Crippen LogP contribution is 2.33. The summed E-state index contributed by atoms with van der Waals surface area (Å²) in [5, 5.41) is 49.6. The van der Waals surface area contributed by atoms with Crippen molar-refractivity contribution in [2.75, 3.05) is 13.7 Å². The minimum atomic E-state index is -1.64. The number of ketones is 1. The van der Waals surface area contributed by atoms with E-state index in [0.717, 1.165) is 5.56 Å². The van der Waals surface area contributed by atoms with E-state index < -0.39 is 43.1 Å². The van der Waals surface area contributed by atoms with Crippen LogP contribution in [0.4, 0.5) is 0 Å². The Morgan fingerprint density at radius 3 is 2.42 bits per heavy atom. The number of carbonyl (C=O) groups is 1. The number of ether oxygens (including phenoxy) is 3. The van der Waals surface area contributed by atoms with Gasteiger partial charge >= 0.3 is 0 Å². The smallest absolute Gasteiger partial charge is 0.229 e. The van der Waals surface area contributed by atoms with E-state index in [2.05, 4.69) is 0 Å². The molecule has 5 atom stereocenters. The minimum absolute atomic E-state index is 0.0446. The number of benzene rings is 2. The molecule has 0 aromatic heterocycles. The molecular weight excluding hydrogens is 408 g/mol. The third kappa shape index (κ3) is 4.97. The van der Waals surface area contributed by atoms with Crippen LogP contribution in [-0.2, 0) is 11.2 Å². The van der Waals surface area contributed by atoms with E-state index >= 15 is 0 Å². The molecule has 1 heterocycles. The van der Waals surface area contributed by atoms with Crippen molar-refractivity contribution in [3.63, 3.8) is 0 Å². The van der Waals surface area contributed by atoms with Gasteiger partial charge < -0.3 is 39.7 Å². The largest absolute Gasteiger partial charge is 0.507 e. The van der Waals surface area contributed by atoms with Crippen molar-refractivity contribution in [2.24, 2.45) is 0 Å². The maximum absolute atomic E-state index is 12.9. The molecule has 0 spiro atoms. The highest BCUT2D eigenvalue weighted by molar-refractivity contribution is 6.01. The summed E-state index contributed by atoms with van der Waals surface area (Å²) in [6, 6.07) is 11.5. The van der Waals surface area contributed by atoms with E-state index in [4.69, 9.17) is 14.2 Å². The predicted molar refractivity (Wildman–Crippen MR) is 108 cm³/mol. The first kappa shape index (κ1) is 23.0. The lowest BCUT2D eigenvalue weighted by molar-refractivity contribution is -0.277. The SMILES string of the molecule is COc1ccccc1CCC(=O)c1c(O)cccc1O[C@@H]1O[C@H](CO)[C@@H](O)[C@H](O)[C@H]1O. The van der Waals surface area contributed by atoms with Gasteiger partial charge in [0.15, 0.2) is 5.78 Å². The number of hydrogen-bond donors (Lipinski definition) is 5. The molecule has 2 aromatic carbocycles. The van der Waals surface area contributed by atoms with Gasteiger partial charge in [-0.05, 0) is 30.2 Å². The zero-order chi connectivity index (χ0) is 22.5. The molecule has 31 heavy (non-hydrogen) atoms. The lowest BCUT2D eigenvalue weighted by atomic mass is 9.99. The summed E-state index contributed by atoms with van der Waals surface area (Å²) in [6.07, 6.45) is -7.04. The van der Waals surface area contributed by atoms with Gasteiger partial charge in [-0.3, -0.25) is 4.79 Å². The predicted octanol–water partition coefficient (Wildman–Crippen LogP) is 0.395. The van der Waals surface area contributed by atoms with Gasteiger partial charge in [0.2, 0.25) is 6.29 Å². The third-order valence-electron chi connectivity index (χ3n) is 5.19. The number of phenols is 1. The molecule has 0 bridgehead atoms. The number of carbonyl (C=O) groups excluding carboxylic acids is 1. The van der Waals surface area contributed by atoms with Crippen LogP contribution in [-0.4, -0.2) is 75.7 Å². The maximum Gasteiger partial charge on any atom is 0.229 e. The number of aliphatic hydroxyl groups excluding tert-OH is 4. The molecule has 1 aliphatic heterocycles. The summed E-state index contributed by atoms with van der Waals surface area (Å²) in [4.78, 5) is 12.9. The zero-order valence-corrected chi connectivity index (χ0v) is 16.9. The highest BCUT2D eigenvalue weighted by Gasteiger charge is 2.45. The minimum Gasteiger partial charge on any atom is -0.507 e. The van der Waals surface area contributed by atoms with E-state index in [1.165, 1.54) is 25.3 Å². The highest BCUT2D eigenvalue weighted by atomic mass is 16.7. The second-order valence-electron chi connectivity index (χ2n) is 7.20. The van der Waals surface area contributed by atoms with Crippen molar-refractivity contribution >= 4 is 5.78 Å². The molecule has 9 nitrogen and oxygen atoms in total. The molecule has 1 fully saturated rings. The molecule has 1 saturated heterocycles. The van der Waals surface area contributed by atoms with E-state index in [9.17, 15) is 30.3 Å². The summed E-state index contributed by atoms with van der Waals surface area (Å²) in [6.45, 7) is -0.616. The topological polar surface area (TPSA) is 146 Å². The van der Waals surface area contributed by atoms with Crippen LogP contribution in [0.2, 0.25) is 0 Å². The number of Topliss-reactive ketones (excluding diaryl/α,β-unsaturated/α-hetero) is 1. The van der Waals surface area contributed by atoms with Gasteiger partial charge in [0.25, 0.3) is 0 Å². The standard InChI is InChI=1S/C22H26O9/c1-29-15-7-3-2-5-12(15)9-10-14(25)18-13(24)6-4-8-16(18)30-22-21(28)20(27)19(26)17(11-23)31-22/h2-8,17,19-24,26-28H,9-11H2,1H3/t17-,19-,20+,21-,22-/m1/s1. The average molecular weight is 434 g/mol. The fraction of sp³-hybridized carbons (Fsp3) is 0.409. The Kier molecular flexibility index (Phi) is 7.47. The summed E-state index contributed by atoms with van der Waals surface area (Å²) in [7, 11) is 1.54. The number of phenolic OH excluding ortho intramolecular Hbond substituents is 1. The first-order valence-corrected chi connectivity index (χ1v) is 9.81. The molecule has 0 amide bonds. The van der Waals surface area contributed by atoms with E-state index in [1.54, 1.807) is 6.07 Å². The van der Waals surface area contributed by atoms with E-state index in [1.807, 2.05) is 18.2 Å². The van der Waals surface area contributed by atoms with Crippen molar-refractivity contribution in [1.82, 2.24) is 0 Å². The van der Waals surface area contributed by atoms with E-state index in [-0.39, 0.29) is 23.5 Å². The van der Waals surface area contributed by atoms with Crippen LogP contribution in [0.15, 0.2) is 42.5 Å². The van der Waals surface area contributed by atoms with E-state index in [0.29, 0.717) is 12.2 Å². The lowest BCUT2D eigenvalue weighted by Crippen LogP contribution is -2.60. The summed E-state index contributed by atoms with van der Waals surface area (Å²) >= 11 is 0. The first-order valence-electron chi connectivity index (χ1n) is 9.81. The van der Waals surface area contributed by atoms with Crippen molar-refractivity contribution in [2.45, 2.75) is 43.5 Å². The van der Waals surface area contributed by atoms with Crippen LogP contribution >= 0.6 is 0 Å². The van der Waals surface area contributed by atoms with Crippen molar-refractivity contribution in [1.29, 1.82) is 0 Å². The number of hydrogen-bond acceptors (Lipinski definition) is 9. The zero-order valence-electron chi connectivity index (χ0n) is 16.9. The van der Waals surface area contributed by atoms with Crippen LogP contribution < -0.4 is 9.47 Å². The summed E-state index contributed by atoms with van der Waals surface area (Å²) in [5.41, 5.74) is 0.722. The second-order valence-corrected chi connectivity index (χ2v) is 7.20. The van der Waals surface area contributed by atoms with Gasteiger partial charge in [-0.2, -0.15) is 0 Å². The molecule has 5 N–H and O–H groups in total. The molecule has 3 rings (SSSR count). The molecular formula is C22H26O9. The number of rotatable bonds is 8. The Labute approximate surface area is 179 Å². The number of aryl methyl sites for hydroxylation is 1. The first-order chi connectivity index (χ1) is 14.9. The lowest BCUT2D eigenvalue weighted by Gasteiger charge is -2.39. The number of aromatic hydroxyl groups is 1. The van der Waals surface area contributed by atoms with Crippen molar-refractivity contribution < 1.29 is 44.5 Å². The third-order valence-corrected chi connectivity index (χ3v) is 5.19. The number of para-hydroxylation sites is 1. The van der Waals surface area contributed by atoms with Gasteiger partial charge in [-0.1, -0.05) is 24.3 Å². The van der Waals surface area contributed by atoms with Gasteiger partial charge in [-0.15, -0.1) is 0 Å². The van der Waals surface area contributed by atoms with Crippen LogP contribution in [0.5, 0.6) is 17.2 Å². The van der Waals surface area contributed by atoms with Gasteiger partial charge in [0, 0.05) is 6.42 Å². The monoisotopic (exact) mass is 434 g/mol. The Morgan fingerprint density at radius 1 is 1.00 bits per heavy atom. The normalized spacial score (nSPS) is 25.8. The molecule has 168 valence electrons.